The van der Waals surface area contributed by atoms with Crippen molar-refractivity contribution in [3.63, 3.8) is 0 Å². The van der Waals surface area contributed by atoms with Crippen LogP contribution in [-0.4, -0.2) is 33.1 Å². The van der Waals surface area contributed by atoms with Gasteiger partial charge >= 0.3 is 6.03 Å². The number of nitrogens with one attached hydrogen (secondary N) is 2. The maximum Gasteiger partial charge on any atom is 0.315 e. The van der Waals surface area contributed by atoms with E-state index in [4.69, 9.17) is 0 Å². The summed E-state index contributed by atoms with van der Waals surface area (Å²) in [4.78, 5) is 12.0. The molecule has 0 saturated heterocycles. The molecular formula is C19H28N4O2. The van der Waals surface area contributed by atoms with Crippen LogP contribution in [0.1, 0.15) is 39.2 Å². The summed E-state index contributed by atoms with van der Waals surface area (Å²) in [6, 6.07) is 9.34. The second kappa shape index (κ2) is 8.67. The molecule has 0 fully saturated rings. The molecular weight excluding hydrogens is 316 g/mol. The quantitative estimate of drug-likeness (QED) is 0.689. The third kappa shape index (κ3) is 6.23. The number of carbonyl (C=O) groups is 1. The monoisotopic (exact) mass is 344 g/mol. The summed E-state index contributed by atoms with van der Waals surface area (Å²) in [5, 5.41) is 20.1. The van der Waals surface area contributed by atoms with Crippen molar-refractivity contribution in [1.82, 2.24) is 20.4 Å². The van der Waals surface area contributed by atoms with Crippen molar-refractivity contribution in [1.29, 1.82) is 0 Å². The summed E-state index contributed by atoms with van der Waals surface area (Å²) in [7, 11) is 0. The lowest BCUT2D eigenvalue weighted by atomic mass is 9.95. The van der Waals surface area contributed by atoms with E-state index in [-0.39, 0.29) is 12.6 Å². The van der Waals surface area contributed by atoms with Crippen LogP contribution in [0.25, 0.3) is 5.69 Å². The fourth-order valence-electron chi connectivity index (χ4n) is 2.49. The molecule has 1 atom stereocenters. The van der Waals surface area contributed by atoms with E-state index in [2.05, 4.69) is 29.6 Å². The van der Waals surface area contributed by atoms with Crippen molar-refractivity contribution in [2.45, 2.75) is 45.8 Å². The number of hydrogen-bond donors (Lipinski definition) is 3. The molecule has 0 saturated carbocycles. The second-order valence-corrected chi connectivity index (χ2v) is 7.05. The van der Waals surface area contributed by atoms with Gasteiger partial charge in [0.15, 0.2) is 0 Å². The standard InChI is InChI=1S/C19H28N4O2/c1-15(2)9-10-19(3,25)14-21-18(24)20-13-16-7-4-5-8-17(16)23-12-6-11-22-23/h4-8,11-12,15,25H,9-10,13-14H2,1-3H3,(H2,20,21,24). The van der Waals surface area contributed by atoms with Crippen molar-refractivity contribution in [3.8, 4) is 5.69 Å². The Balaban J connectivity index is 1.85. The number of aliphatic hydroxyl groups is 1. The minimum atomic E-state index is -0.894. The van der Waals surface area contributed by atoms with Gasteiger partial charge in [-0.1, -0.05) is 32.0 Å². The first kappa shape index (κ1) is 19.0. The lowest BCUT2D eigenvalue weighted by Gasteiger charge is -2.24. The van der Waals surface area contributed by atoms with E-state index in [0.29, 0.717) is 18.9 Å². The molecule has 0 aliphatic rings. The Labute approximate surface area is 149 Å². The Bertz CT molecular complexity index is 666. The highest BCUT2D eigenvalue weighted by Crippen LogP contribution is 2.15. The van der Waals surface area contributed by atoms with Gasteiger partial charge in [0.05, 0.1) is 11.3 Å². The molecule has 0 radical (unpaired) electrons. The van der Waals surface area contributed by atoms with Gasteiger partial charge in [-0.05, 0) is 43.4 Å². The summed E-state index contributed by atoms with van der Waals surface area (Å²) in [6.07, 6.45) is 5.17. The van der Waals surface area contributed by atoms with Crippen LogP contribution >= 0.6 is 0 Å². The van der Waals surface area contributed by atoms with Gasteiger partial charge in [0, 0.05) is 25.5 Å². The predicted octanol–water partition coefficient (Wildman–Crippen LogP) is 2.86. The molecule has 2 rings (SSSR count). The van der Waals surface area contributed by atoms with E-state index >= 15 is 0 Å². The topological polar surface area (TPSA) is 79.2 Å². The van der Waals surface area contributed by atoms with E-state index < -0.39 is 5.60 Å². The normalized spacial score (nSPS) is 13.5. The Morgan fingerprint density at radius 3 is 2.72 bits per heavy atom. The smallest absolute Gasteiger partial charge is 0.315 e. The van der Waals surface area contributed by atoms with Crippen LogP contribution in [0.2, 0.25) is 0 Å². The molecule has 1 heterocycles. The molecule has 3 N–H and O–H groups in total. The maximum absolute atomic E-state index is 12.0. The number of urea groups is 1. The van der Waals surface area contributed by atoms with E-state index in [1.54, 1.807) is 17.8 Å². The largest absolute Gasteiger partial charge is 0.388 e. The highest BCUT2D eigenvalue weighted by atomic mass is 16.3. The third-order valence-corrected chi connectivity index (χ3v) is 4.07. The van der Waals surface area contributed by atoms with E-state index in [9.17, 15) is 9.90 Å². The lowest BCUT2D eigenvalue weighted by Crippen LogP contribution is -2.44. The van der Waals surface area contributed by atoms with Gasteiger partial charge in [-0.25, -0.2) is 9.48 Å². The first-order valence-electron chi connectivity index (χ1n) is 8.69. The molecule has 25 heavy (non-hydrogen) atoms. The third-order valence-electron chi connectivity index (χ3n) is 4.07. The summed E-state index contributed by atoms with van der Waals surface area (Å²) >= 11 is 0. The second-order valence-electron chi connectivity index (χ2n) is 7.05. The van der Waals surface area contributed by atoms with E-state index in [0.717, 1.165) is 17.7 Å². The minimum Gasteiger partial charge on any atom is -0.388 e. The van der Waals surface area contributed by atoms with Crippen molar-refractivity contribution >= 4 is 6.03 Å². The zero-order valence-electron chi connectivity index (χ0n) is 15.2. The summed E-state index contributed by atoms with van der Waals surface area (Å²) < 4.78 is 1.77. The van der Waals surface area contributed by atoms with E-state index in [1.165, 1.54) is 0 Å². The highest BCUT2D eigenvalue weighted by Gasteiger charge is 2.21. The fourth-order valence-corrected chi connectivity index (χ4v) is 2.49. The molecule has 6 heteroatoms. The highest BCUT2D eigenvalue weighted by molar-refractivity contribution is 5.74. The lowest BCUT2D eigenvalue weighted by molar-refractivity contribution is 0.0476. The molecule has 6 nitrogen and oxygen atoms in total. The first-order valence-corrected chi connectivity index (χ1v) is 8.69. The Hall–Kier alpha value is -2.34. The minimum absolute atomic E-state index is 0.229. The van der Waals surface area contributed by atoms with Crippen LogP contribution in [-0.2, 0) is 6.54 Å². The molecule has 0 aliphatic carbocycles. The fraction of sp³-hybridized carbons (Fsp3) is 0.474. The van der Waals surface area contributed by atoms with Gasteiger partial charge in [0.2, 0.25) is 0 Å². The van der Waals surface area contributed by atoms with Crippen LogP contribution in [0.15, 0.2) is 42.7 Å². The number of para-hydroxylation sites is 1. The summed E-state index contributed by atoms with van der Waals surface area (Å²) in [5.74, 6) is 0.527. The van der Waals surface area contributed by atoms with Crippen molar-refractivity contribution in [3.05, 3.63) is 48.3 Å². The molecule has 0 spiro atoms. The number of rotatable bonds is 8. The van der Waals surface area contributed by atoms with E-state index in [1.807, 2.05) is 36.5 Å². The van der Waals surface area contributed by atoms with Crippen LogP contribution < -0.4 is 10.6 Å². The zero-order valence-corrected chi connectivity index (χ0v) is 15.2. The van der Waals surface area contributed by atoms with Gasteiger partial charge in [0.1, 0.15) is 0 Å². The molecule has 2 aromatic rings. The molecule has 0 aliphatic heterocycles. The Morgan fingerprint density at radius 1 is 1.28 bits per heavy atom. The Kier molecular flexibility index (Phi) is 6.58. The van der Waals surface area contributed by atoms with Crippen molar-refractivity contribution in [2.24, 2.45) is 5.92 Å². The average Bonchev–Trinajstić information content (AvgIpc) is 3.11. The molecule has 1 aromatic carbocycles. The molecule has 136 valence electrons. The van der Waals surface area contributed by atoms with Crippen LogP contribution in [0.3, 0.4) is 0 Å². The number of benzene rings is 1. The number of carbonyl (C=O) groups excluding carboxylic acids is 1. The maximum atomic E-state index is 12.0. The van der Waals surface area contributed by atoms with Crippen LogP contribution in [0.4, 0.5) is 4.79 Å². The average molecular weight is 344 g/mol. The van der Waals surface area contributed by atoms with Crippen LogP contribution in [0, 0.1) is 5.92 Å². The zero-order chi connectivity index (χ0) is 18.3. The van der Waals surface area contributed by atoms with Crippen molar-refractivity contribution in [2.75, 3.05) is 6.54 Å². The summed E-state index contributed by atoms with van der Waals surface area (Å²) in [6.45, 7) is 6.60. The van der Waals surface area contributed by atoms with Crippen LogP contribution in [0.5, 0.6) is 0 Å². The predicted molar refractivity (Wildman–Crippen MR) is 98.5 cm³/mol. The molecule has 1 aromatic heterocycles. The number of nitrogens with zero attached hydrogens (tertiary/aromatic N) is 2. The molecule has 2 amide bonds. The number of hydrogen-bond acceptors (Lipinski definition) is 3. The van der Waals surface area contributed by atoms with Gasteiger partial charge in [-0.3, -0.25) is 0 Å². The number of amides is 2. The Morgan fingerprint density at radius 2 is 2.04 bits per heavy atom. The SMILES string of the molecule is CC(C)CCC(C)(O)CNC(=O)NCc1ccccc1-n1cccn1. The molecule has 1 unspecified atom stereocenters. The first-order chi connectivity index (χ1) is 11.9. The van der Waals surface area contributed by atoms with Gasteiger partial charge < -0.3 is 15.7 Å². The summed E-state index contributed by atoms with van der Waals surface area (Å²) in [5.41, 5.74) is 0.999. The number of aromatic nitrogens is 2. The molecule has 0 bridgehead atoms. The van der Waals surface area contributed by atoms with Gasteiger partial charge in [0.25, 0.3) is 0 Å². The van der Waals surface area contributed by atoms with Gasteiger partial charge in [-0.15, -0.1) is 0 Å². The van der Waals surface area contributed by atoms with Crippen molar-refractivity contribution < 1.29 is 9.90 Å². The van der Waals surface area contributed by atoms with Gasteiger partial charge in [-0.2, -0.15) is 5.10 Å².